The van der Waals surface area contributed by atoms with Gasteiger partial charge in [-0.05, 0) is 13.3 Å². The van der Waals surface area contributed by atoms with Crippen molar-refractivity contribution < 1.29 is 8.42 Å². The summed E-state index contributed by atoms with van der Waals surface area (Å²) in [6, 6.07) is 0. The molecule has 1 unspecified atom stereocenters. The van der Waals surface area contributed by atoms with Crippen molar-refractivity contribution >= 4 is 10.0 Å². The van der Waals surface area contributed by atoms with Gasteiger partial charge in [-0.3, -0.25) is 0 Å². The SMILES string of the molecule is CCCCCC(C)S([NH])(=O)=O. The van der Waals surface area contributed by atoms with E-state index in [-0.39, 0.29) is 0 Å². The van der Waals surface area contributed by atoms with Crippen molar-refractivity contribution in [2.75, 3.05) is 0 Å². The summed E-state index contributed by atoms with van der Waals surface area (Å²) >= 11 is 0. The van der Waals surface area contributed by atoms with E-state index in [1.165, 1.54) is 0 Å². The maximum absolute atomic E-state index is 10.6. The fourth-order valence-electron chi connectivity index (χ4n) is 0.837. The molecular weight excluding hydrogens is 162 g/mol. The van der Waals surface area contributed by atoms with E-state index in [9.17, 15) is 8.42 Å². The maximum Gasteiger partial charge on any atom is 0.227 e. The smallest absolute Gasteiger partial charge is 0.211 e. The topological polar surface area (TPSA) is 57.9 Å². The Labute approximate surface area is 69.0 Å². The third-order valence-corrected chi connectivity index (χ3v) is 3.04. The van der Waals surface area contributed by atoms with E-state index in [0.717, 1.165) is 19.3 Å². The third kappa shape index (κ3) is 5.21. The summed E-state index contributed by atoms with van der Waals surface area (Å²) in [5, 5.41) is 6.25. The number of hydrogen-bond donors (Lipinski definition) is 0. The van der Waals surface area contributed by atoms with Crippen LogP contribution in [0.2, 0.25) is 0 Å². The van der Waals surface area contributed by atoms with Gasteiger partial charge in [-0.15, -0.1) is 5.14 Å². The first-order chi connectivity index (χ1) is 4.98. The molecule has 67 valence electrons. The molecule has 4 heteroatoms. The van der Waals surface area contributed by atoms with Gasteiger partial charge in [-0.1, -0.05) is 26.2 Å². The minimum atomic E-state index is -3.53. The predicted molar refractivity (Wildman–Crippen MR) is 45.6 cm³/mol. The van der Waals surface area contributed by atoms with E-state index in [0.29, 0.717) is 6.42 Å². The Morgan fingerprint density at radius 2 is 1.91 bits per heavy atom. The third-order valence-electron chi connectivity index (χ3n) is 1.74. The highest BCUT2D eigenvalue weighted by Crippen LogP contribution is 2.08. The van der Waals surface area contributed by atoms with Crippen molar-refractivity contribution in [1.29, 1.82) is 0 Å². The van der Waals surface area contributed by atoms with Crippen molar-refractivity contribution in [2.24, 2.45) is 0 Å². The molecule has 0 aromatic heterocycles. The molecular formula is C7H16NO2S. The summed E-state index contributed by atoms with van der Waals surface area (Å²) in [5.74, 6) is 0. The Kier molecular flexibility index (Phi) is 4.68. The molecule has 3 nitrogen and oxygen atoms in total. The molecule has 0 aromatic rings. The molecule has 0 aliphatic heterocycles. The van der Waals surface area contributed by atoms with Crippen molar-refractivity contribution in [2.45, 2.75) is 44.8 Å². The highest BCUT2D eigenvalue weighted by Gasteiger charge is 2.14. The molecule has 0 saturated heterocycles. The second kappa shape index (κ2) is 4.72. The number of nitrogens with one attached hydrogen (secondary N) is 1. The Bertz CT molecular complexity index is 187. The number of sulfonamides is 1. The Hall–Kier alpha value is -0.0900. The van der Waals surface area contributed by atoms with Crippen LogP contribution in [0.25, 0.3) is 0 Å². The van der Waals surface area contributed by atoms with E-state index >= 15 is 0 Å². The lowest BCUT2D eigenvalue weighted by molar-refractivity contribution is 0.567. The van der Waals surface area contributed by atoms with Gasteiger partial charge in [0.1, 0.15) is 0 Å². The van der Waals surface area contributed by atoms with E-state index in [1.54, 1.807) is 6.92 Å². The van der Waals surface area contributed by atoms with Crippen LogP contribution in [-0.4, -0.2) is 13.7 Å². The van der Waals surface area contributed by atoms with Crippen LogP contribution >= 0.6 is 0 Å². The molecule has 11 heavy (non-hydrogen) atoms. The highest BCUT2D eigenvalue weighted by atomic mass is 32.2. The maximum atomic E-state index is 10.6. The van der Waals surface area contributed by atoms with Crippen molar-refractivity contribution in [3.63, 3.8) is 0 Å². The molecule has 1 atom stereocenters. The van der Waals surface area contributed by atoms with Crippen LogP contribution in [0.1, 0.15) is 39.5 Å². The van der Waals surface area contributed by atoms with Gasteiger partial charge in [0, 0.05) is 0 Å². The second-order valence-electron chi connectivity index (χ2n) is 2.85. The lowest BCUT2D eigenvalue weighted by Gasteiger charge is -2.06. The van der Waals surface area contributed by atoms with Gasteiger partial charge >= 0.3 is 0 Å². The molecule has 0 bridgehead atoms. The van der Waals surface area contributed by atoms with Gasteiger partial charge in [0.2, 0.25) is 10.0 Å². The Morgan fingerprint density at radius 3 is 2.27 bits per heavy atom. The van der Waals surface area contributed by atoms with Gasteiger partial charge < -0.3 is 0 Å². The van der Waals surface area contributed by atoms with Crippen LogP contribution < -0.4 is 5.14 Å². The Morgan fingerprint density at radius 1 is 1.36 bits per heavy atom. The number of rotatable bonds is 5. The molecule has 0 spiro atoms. The first-order valence-electron chi connectivity index (χ1n) is 3.97. The number of unbranched alkanes of at least 4 members (excludes halogenated alkanes) is 2. The zero-order valence-electron chi connectivity index (χ0n) is 7.13. The standard InChI is InChI=1S/C7H16NO2S/c1-3-4-5-6-7(2)11(8,9)10/h7-8H,3-6H2,1-2H3. The quantitative estimate of drug-likeness (QED) is 0.600. The molecule has 0 saturated carbocycles. The summed E-state index contributed by atoms with van der Waals surface area (Å²) in [7, 11) is -3.53. The lowest BCUT2D eigenvalue weighted by Crippen LogP contribution is -2.17. The molecule has 0 amide bonds. The van der Waals surface area contributed by atoms with E-state index in [4.69, 9.17) is 5.14 Å². The van der Waals surface area contributed by atoms with Crippen LogP contribution in [0.15, 0.2) is 0 Å². The van der Waals surface area contributed by atoms with E-state index in [1.807, 2.05) is 0 Å². The van der Waals surface area contributed by atoms with Crippen LogP contribution in [-0.2, 0) is 10.0 Å². The van der Waals surface area contributed by atoms with Gasteiger partial charge in [-0.25, -0.2) is 8.42 Å². The van der Waals surface area contributed by atoms with Crippen molar-refractivity contribution in [1.82, 2.24) is 5.14 Å². The molecule has 0 fully saturated rings. The predicted octanol–water partition coefficient (Wildman–Crippen LogP) is 1.57. The summed E-state index contributed by atoms with van der Waals surface area (Å²) in [4.78, 5) is 0. The average Bonchev–Trinajstić information content (AvgIpc) is 1.86. The monoisotopic (exact) mass is 178 g/mol. The van der Waals surface area contributed by atoms with Gasteiger partial charge in [0.25, 0.3) is 0 Å². The van der Waals surface area contributed by atoms with Gasteiger partial charge in [0.05, 0.1) is 5.25 Å². The largest absolute Gasteiger partial charge is 0.227 e. The molecule has 0 aliphatic rings. The van der Waals surface area contributed by atoms with Crippen LogP contribution in [0.5, 0.6) is 0 Å². The number of hydrogen-bond acceptors (Lipinski definition) is 2. The zero-order valence-corrected chi connectivity index (χ0v) is 7.95. The van der Waals surface area contributed by atoms with E-state index < -0.39 is 15.3 Å². The van der Waals surface area contributed by atoms with Crippen LogP contribution in [0.3, 0.4) is 0 Å². The normalized spacial score (nSPS) is 14.8. The highest BCUT2D eigenvalue weighted by molar-refractivity contribution is 7.89. The molecule has 1 N–H and O–H groups in total. The molecule has 0 aliphatic carbocycles. The first-order valence-corrected chi connectivity index (χ1v) is 5.51. The van der Waals surface area contributed by atoms with Crippen LogP contribution in [0.4, 0.5) is 0 Å². The summed E-state index contributed by atoms with van der Waals surface area (Å²) in [6.07, 6.45) is 3.68. The second-order valence-corrected chi connectivity index (χ2v) is 4.75. The lowest BCUT2D eigenvalue weighted by atomic mass is 10.2. The molecule has 1 radical (unpaired) electrons. The molecule has 0 rings (SSSR count). The van der Waals surface area contributed by atoms with E-state index in [2.05, 4.69) is 6.92 Å². The van der Waals surface area contributed by atoms with Crippen molar-refractivity contribution in [3.05, 3.63) is 0 Å². The minimum Gasteiger partial charge on any atom is -0.211 e. The van der Waals surface area contributed by atoms with Crippen molar-refractivity contribution in [3.8, 4) is 0 Å². The Balaban J connectivity index is 3.62. The van der Waals surface area contributed by atoms with Gasteiger partial charge in [0.15, 0.2) is 0 Å². The average molecular weight is 178 g/mol. The minimum absolute atomic E-state index is 0.492. The van der Waals surface area contributed by atoms with Crippen LogP contribution in [0, 0.1) is 0 Å². The summed E-state index contributed by atoms with van der Waals surface area (Å²) < 4.78 is 21.2. The molecule has 0 heterocycles. The zero-order chi connectivity index (χ0) is 8.91. The summed E-state index contributed by atoms with van der Waals surface area (Å²) in [5.41, 5.74) is 0. The fraction of sp³-hybridized carbons (Fsp3) is 1.00. The fourth-order valence-corrected chi connectivity index (χ4v) is 1.31. The first kappa shape index (κ1) is 10.9. The van der Waals surface area contributed by atoms with Gasteiger partial charge in [-0.2, -0.15) is 0 Å². The summed E-state index contributed by atoms with van der Waals surface area (Å²) in [6.45, 7) is 3.66. The molecule has 0 aromatic carbocycles.